The molecule has 0 amide bonds. The van der Waals surface area contributed by atoms with Gasteiger partial charge in [0.05, 0.1) is 16.7 Å². The molecular weight excluding hydrogens is 379 g/mol. The van der Waals surface area contributed by atoms with Gasteiger partial charge in [-0.3, -0.25) is 4.57 Å². The van der Waals surface area contributed by atoms with Crippen LogP contribution in [0.3, 0.4) is 0 Å². The Bertz CT molecular complexity index is 791. The summed E-state index contributed by atoms with van der Waals surface area (Å²) in [4.78, 5) is 3.18. The van der Waals surface area contributed by atoms with Gasteiger partial charge in [-0.15, -0.1) is 0 Å². The monoisotopic (exact) mass is 386 g/mol. The van der Waals surface area contributed by atoms with Crippen molar-refractivity contribution >= 4 is 57.4 Å². The summed E-state index contributed by atoms with van der Waals surface area (Å²) in [6, 6.07) is 13.9. The average Bonchev–Trinajstić information content (AvgIpc) is 2.65. The lowest BCUT2D eigenvalue weighted by Crippen LogP contribution is -1.96. The minimum atomic E-state index is 0.677. The maximum Gasteiger partial charge on any atom is 0.182 e. The molecule has 2 nitrogen and oxygen atoms in total. The van der Waals surface area contributed by atoms with Crippen molar-refractivity contribution < 1.29 is 0 Å². The van der Waals surface area contributed by atoms with E-state index in [0.29, 0.717) is 9.79 Å². The summed E-state index contributed by atoms with van der Waals surface area (Å²) in [5.74, 6) is 0. The number of imidazole rings is 1. The van der Waals surface area contributed by atoms with Crippen LogP contribution in [0.15, 0.2) is 42.5 Å². The number of fused-ring (bicyclic) bond motifs is 1. The SMILES string of the molecule is S=c1[nH]c2cc(Cl)ccc2n1-c1ccccc1I. The standard InChI is InChI=1S/C13H8ClIN2S/c14-8-5-6-12-10(7-8)16-13(18)17(12)11-4-2-1-3-9(11)15/h1-7H,(H,16,18). The number of aromatic nitrogens is 2. The van der Waals surface area contributed by atoms with Gasteiger partial charge in [0, 0.05) is 8.59 Å². The lowest BCUT2D eigenvalue weighted by atomic mass is 10.3. The summed E-state index contributed by atoms with van der Waals surface area (Å²) < 4.78 is 3.86. The van der Waals surface area contributed by atoms with Gasteiger partial charge in [-0.2, -0.15) is 0 Å². The molecule has 0 spiro atoms. The molecule has 0 aliphatic carbocycles. The lowest BCUT2D eigenvalue weighted by molar-refractivity contribution is 1.06. The van der Waals surface area contributed by atoms with E-state index in [1.807, 2.05) is 34.9 Å². The van der Waals surface area contributed by atoms with Crippen LogP contribution in [-0.2, 0) is 0 Å². The minimum Gasteiger partial charge on any atom is -0.330 e. The van der Waals surface area contributed by atoms with E-state index in [2.05, 4.69) is 39.7 Å². The normalized spacial score (nSPS) is 11.0. The van der Waals surface area contributed by atoms with E-state index in [1.165, 1.54) is 0 Å². The fourth-order valence-corrected chi connectivity index (χ4v) is 3.06. The first-order chi connectivity index (χ1) is 8.66. The van der Waals surface area contributed by atoms with E-state index < -0.39 is 0 Å². The summed E-state index contributed by atoms with van der Waals surface area (Å²) in [6.07, 6.45) is 0. The molecule has 3 aromatic rings. The first kappa shape index (κ1) is 12.2. The van der Waals surface area contributed by atoms with Crippen LogP contribution in [-0.4, -0.2) is 9.55 Å². The average molecular weight is 387 g/mol. The number of benzene rings is 2. The zero-order chi connectivity index (χ0) is 12.7. The highest BCUT2D eigenvalue weighted by molar-refractivity contribution is 14.1. The second kappa shape index (κ2) is 4.68. The van der Waals surface area contributed by atoms with Crippen molar-refractivity contribution in [2.75, 3.05) is 0 Å². The maximum atomic E-state index is 5.99. The smallest absolute Gasteiger partial charge is 0.182 e. The van der Waals surface area contributed by atoms with Gasteiger partial charge in [0.25, 0.3) is 0 Å². The molecule has 3 rings (SSSR count). The van der Waals surface area contributed by atoms with Crippen LogP contribution in [0.5, 0.6) is 0 Å². The molecular formula is C13H8ClIN2S. The van der Waals surface area contributed by atoms with Crippen molar-refractivity contribution in [1.82, 2.24) is 9.55 Å². The molecule has 0 aliphatic heterocycles. The molecule has 5 heteroatoms. The van der Waals surface area contributed by atoms with Crippen LogP contribution >= 0.6 is 46.4 Å². The highest BCUT2D eigenvalue weighted by atomic mass is 127. The van der Waals surface area contributed by atoms with Crippen molar-refractivity contribution in [2.24, 2.45) is 0 Å². The fourth-order valence-electron chi connectivity index (χ4n) is 1.96. The molecule has 0 bridgehead atoms. The third-order valence-corrected chi connectivity index (χ3v) is 4.17. The second-order valence-corrected chi connectivity index (χ2v) is 5.86. The van der Waals surface area contributed by atoms with Crippen LogP contribution < -0.4 is 0 Å². The first-order valence-corrected chi connectivity index (χ1v) is 7.18. The van der Waals surface area contributed by atoms with Crippen molar-refractivity contribution in [1.29, 1.82) is 0 Å². The van der Waals surface area contributed by atoms with Gasteiger partial charge in [-0.1, -0.05) is 23.7 Å². The number of H-pyrrole nitrogens is 1. The zero-order valence-electron chi connectivity index (χ0n) is 9.15. The van der Waals surface area contributed by atoms with Crippen molar-refractivity contribution in [3.8, 4) is 5.69 Å². The van der Waals surface area contributed by atoms with Gasteiger partial charge in [0.15, 0.2) is 4.77 Å². The molecule has 18 heavy (non-hydrogen) atoms. The summed E-state index contributed by atoms with van der Waals surface area (Å²) in [6.45, 7) is 0. The van der Waals surface area contributed by atoms with Crippen LogP contribution in [0.2, 0.25) is 5.02 Å². The number of halogens is 2. The van der Waals surface area contributed by atoms with Gasteiger partial charge in [0.1, 0.15) is 0 Å². The zero-order valence-corrected chi connectivity index (χ0v) is 12.9. The van der Waals surface area contributed by atoms with Crippen LogP contribution in [0, 0.1) is 8.34 Å². The summed E-state index contributed by atoms with van der Waals surface area (Å²) in [7, 11) is 0. The number of hydrogen-bond donors (Lipinski definition) is 1. The summed E-state index contributed by atoms with van der Waals surface area (Å²) >= 11 is 13.7. The topological polar surface area (TPSA) is 20.7 Å². The molecule has 0 unspecified atom stereocenters. The molecule has 0 saturated carbocycles. The quantitative estimate of drug-likeness (QED) is 0.464. The highest BCUT2D eigenvalue weighted by Crippen LogP contribution is 2.25. The molecule has 0 atom stereocenters. The molecule has 0 aliphatic rings. The Morgan fingerprint density at radius 3 is 2.72 bits per heavy atom. The third kappa shape index (κ3) is 1.98. The number of para-hydroxylation sites is 1. The van der Waals surface area contributed by atoms with Crippen LogP contribution in [0.4, 0.5) is 0 Å². The van der Waals surface area contributed by atoms with Gasteiger partial charge in [-0.25, -0.2) is 0 Å². The van der Waals surface area contributed by atoms with Gasteiger partial charge < -0.3 is 4.98 Å². The molecule has 0 saturated heterocycles. The van der Waals surface area contributed by atoms with Crippen molar-refractivity contribution in [2.45, 2.75) is 0 Å². The Balaban J connectivity index is 2.40. The first-order valence-electron chi connectivity index (χ1n) is 5.32. The van der Waals surface area contributed by atoms with Crippen LogP contribution in [0.25, 0.3) is 16.7 Å². The van der Waals surface area contributed by atoms with E-state index >= 15 is 0 Å². The lowest BCUT2D eigenvalue weighted by Gasteiger charge is -2.06. The number of hydrogen-bond acceptors (Lipinski definition) is 1. The molecule has 1 aromatic heterocycles. The largest absolute Gasteiger partial charge is 0.330 e. The van der Waals surface area contributed by atoms with E-state index in [4.69, 9.17) is 23.8 Å². The van der Waals surface area contributed by atoms with Crippen molar-refractivity contribution in [3.63, 3.8) is 0 Å². The van der Waals surface area contributed by atoms with E-state index in [9.17, 15) is 0 Å². The predicted octanol–water partition coefficient (Wildman–Crippen LogP) is 4.95. The van der Waals surface area contributed by atoms with E-state index in [-0.39, 0.29) is 0 Å². The molecule has 1 heterocycles. The van der Waals surface area contributed by atoms with Gasteiger partial charge in [0.2, 0.25) is 0 Å². The Labute approximate surface area is 128 Å². The predicted molar refractivity (Wildman–Crippen MR) is 86.2 cm³/mol. The maximum absolute atomic E-state index is 5.99. The van der Waals surface area contributed by atoms with Crippen LogP contribution in [0.1, 0.15) is 0 Å². The summed E-state index contributed by atoms with van der Waals surface area (Å²) in [5, 5.41) is 0.702. The minimum absolute atomic E-state index is 0.677. The van der Waals surface area contributed by atoms with Crippen molar-refractivity contribution in [3.05, 3.63) is 55.8 Å². The molecule has 90 valence electrons. The highest BCUT2D eigenvalue weighted by Gasteiger charge is 2.08. The Morgan fingerprint density at radius 1 is 1.17 bits per heavy atom. The Kier molecular flexibility index (Phi) is 3.17. The second-order valence-electron chi connectivity index (χ2n) is 3.88. The summed E-state index contributed by atoms with van der Waals surface area (Å²) in [5.41, 5.74) is 3.07. The molecule has 2 aromatic carbocycles. The fraction of sp³-hybridized carbons (Fsp3) is 0. The van der Waals surface area contributed by atoms with E-state index in [1.54, 1.807) is 0 Å². The number of nitrogens with zero attached hydrogens (tertiary/aromatic N) is 1. The number of nitrogens with one attached hydrogen (secondary N) is 1. The number of rotatable bonds is 1. The third-order valence-electron chi connectivity index (χ3n) is 2.74. The molecule has 1 N–H and O–H groups in total. The Hall–Kier alpha value is -0.850. The molecule has 0 fully saturated rings. The number of aromatic amines is 1. The van der Waals surface area contributed by atoms with Gasteiger partial charge >= 0.3 is 0 Å². The Morgan fingerprint density at radius 2 is 1.94 bits per heavy atom. The van der Waals surface area contributed by atoms with Gasteiger partial charge in [-0.05, 0) is 65.1 Å². The molecule has 0 radical (unpaired) electrons. The van der Waals surface area contributed by atoms with E-state index in [0.717, 1.165) is 20.3 Å².